The summed E-state index contributed by atoms with van der Waals surface area (Å²) in [6.45, 7) is 0. The molecule has 0 aliphatic heterocycles. The summed E-state index contributed by atoms with van der Waals surface area (Å²) in [4.78, 5) is 5.74. The molecule has 262 valence electrons. The van der Waals surface area contributed by atoms with E-state index in [0.717, 1.165) is 67.2 Å². The second-order valence-corrected chi connectivity index (χ2v) is 14.5. The van der Waals surface area contributed by atoms with Crippen molar-refractivity contribution in [2.45, 2.75) is 0 Å². The van der Waals surface area contributed by atoms with Crippen LogP contribution in [0.25, 0.3) is 99.6 Å². The van der Waals surface area contributed by atoms with Crippen molar-refractivity contribution in [3.8, 4) is 34.1 Å². The number of nitrogens with zero attached hydrogens (tertiary/aromatic N) is 5. The smallest absolute Gasteiger partial charge is 0.140 e. The van der Waals surface area contributed by atoms with E-state index in [-0.39, 0.29) is 0 Å². The zero-order chi connectivity index (χ0) is 36.7. The highest BCUT2D eigenvalue weighted by Gasteiger charge is 2.23. The Morgan fingerprint density at radius 2 is 0.750 bits per heavy atom. The predicted molar refractivity (Wildman–Crippen MR) is 232 cm³/mol. The molecule has 0 fully saturated rings. The maximum absolute atomic E-state index is 5.74. The van der Waals surface area contributed by atoms with Crippen LogP contribution in [0.5, 0.6) is 0 Å². The Labute approximate surface area is 322 Å². The monoisotopic (exact) mass is 715 g/mol. The number of hydrogen-bond acceptors (Lipinski definition) is 1. The first-order valence-corrected chi connectivity index (χ1v) is 19.1. The van der Waals surface area contributed by atoms with Gasteiger partial charge < -0.3 is 9.13 Å². The highest BCUT2D eigenvalue weighted by atomic mass is 15.2. The highest BCUT2D eigenvalue weighted by Crippen LogP contribution is 2.41. The van der Waals surface area contributed by atoms with Gasteiger partial charge in [-0.05, 0) is 71.8 Å². The van der Waals surface area contributed by atoms with Crippen LogP contribution < -0.4 is 0 Å². The van der Waals surface area contributed by atoms with Crippen LogP contribution in [0.15, 0.2) is 200 Å². The number of aromatic nitrogens is 5. The van der Waals surface area contributed by atoms with Crippen molar-refractivity contribution in [1.82, 2.24) is 23.3 Å². The third-order valence-corrected chi connectivity index (χ3v) is 11.4. The van der Waals surface area contributed by atoms with E-state index in [9.17, 15) is 0 Å². The van der Waals surface area contributed by atoms with Crippen molar-refractivity contribution in [1.29, 1.82) is 0 Å². The molecule has 0 N–H and O–H groups in total. The Bertz CT molecular complexity index is 3250. The van der Waals surface area contributed by atoms with Gasteiger partial charge >= 0.3 is 0 Å². The maximum Gasteiger partial charge on any atom is 0.140 e. The molecule has 0 saturated carbocycles. The minimum atomic E-state index is 0.859. The van der Waals surface area contributed by atoms with Crippen molar-refractivity contribution in [2.75, 3.05) is 0 Å². The normalized spacial score (nSPS) is 11.9. The van der Waals surface area contributed by atoms with Crippen molar-refractivity contribution in [3.05, 3.63) is 200 Å². The summed E-state index contributed by atoms with van der Waals surface area (Å²) in [6.07, 6.45) is 4.37. The number of fused-ring (bicyclic) bond motifs is 10. The second kappa shape index (κ2) is 11.9. The van der Waals surface area contributed by atoms with E-state index in [2.05, 4.69) is 219 Å². The predicted octanol–water partition coefficient (Wildman–Crippen LogP) is 12.8. The zero-order valence-electron chi connectivity index (χ0n) is 30.3. The second-order valence-electron chi connectivity index (χ2n) is 14.5. The van der Waals surface area contributed by atoms with Gasteiger partial charge in [0.2, 0.25) is 0 Å². The molecule has 5 aromatic heterocycles. The van der Waals surface area contributed by atoms with Crippen LogP contribution in [-0.2, 0) is 0 Å². The third kappa shape index (κ3) is 4.46. The summed E-state index contributed by atoms with van der Waals surface area (Å²) in [6, 6.07) is 67.4. The molecule has 0 aliphatic carbocycles. The van der Waals surface area contributed by atoms with Gasteiger partial charge in [-0.2, -0.15) is 0 Å². The van der Waals surface area contributed by atoms with Gasteiger partial charge in [0.05, 0.1) is 33.1 Å². The number of benzene rings is 7. The van der Waals surface area contributed by atoms with Gasteiger partial charge in [0, 0.05) is 56.1 Å². The number of rotatable bonds is 5. The first kappa shape index (κ1) is 30.8. The number of para-hydroxylation sites is 4. The molecule has 0 unspecified atom stereocenters. The van der Waals surface area contributed by atoms with Gasteiger partial charge in [-0.25, -0.2) is 4.98 Å². The van der Waals surface area contributed by atoms with E-state index in [0.29, 0.717) is 0 Å². The SMILES string of the molecule is c1ccc(-c2cc(-n3c4ccccc4c4ccc5ccn(-c6ccccc6)c5c43)nc(-n3c4ccccc4c4ccc5ccn(-c6ccccc6)c5c43)c2)cc1. The molecule has 12 aromatic rings. The van der Waals surface area contributed by atoms with Crippen LogP contribution >= 0.6 is 0 Å². The third-order valence-electron chi connectivity index (χ3n) is 11.4. The first-order chi connectivity index (χ1) is 27.8. The lowest BCUT2D eigenvalue weighted by Gasteiger charge is -2.16. The summed E-state index contributed by atoms with van der Waals surface area (Å²) in [5.74, 6) is 1.72. The lowest BCUT2D eigenvalue weighted by Crippen LogP contribution is -2.06. The molecule has 0 atom stereocenters. The highest BCUT2D eigenvalue weighted by molar-refractivity contribution is 6.19. The molecule has 0 spiro atoms. The van der Waals surface area contributed by atoms with Crippen molar-refractivity contribution >= 4 is 65.4 Å². The summed E-state index contributed by atoms with van der Waals surface area (Å²) >= 11 is 0. The fourth-order valence-electron chi connectivity index (χ4n) is 8.96. The molecule has 7 aromatic carbocycles. The van der Waals surface area contributed by atoms with E-state index in [4.69, 9.17) is 4.98 Å². The van der Waals surface area contributed by atoms with Gasteiger partial charge in [0.15, 0.2) is 0 Å². The van der Waals surface area contributed by atoms with Gasteiger partial charge in [0.25, 0.3) is 0 Å². The fourth-order valence-corrected chi connectivity index (χ4v) is 8.96. The summed E-state index contributed by atoms with van der Waals surface area (Å²) < 4.78 is 9.41. The Hall–Kier alpha value is -7.63. The molecule has 12 rings (SSSR count). The van der Waals surface area contributed by atoms with Crippen molar-refractivity contribution in [2.24, 2.45) is 0 Å². The standard InChI is InChI=1S/C51H33N5/c1-4-14-34(15-5-1)37-32-46(55-44-22-12-10-20-40(44)42-26-24-35-28-30-53(48(35)50(42)55)38-16-6-2-7-17-38)52-47(33-37)56-45-23-13-11-21-41(45)43-27-25-36-29-31-54(49(36)51(43)56)39-18-8-3-9-19-39/h1-33H. The van der Waals surface area contributed by atoms with Crippen molar-refractivity contribution < 1.29 is 0 Å². The summed E-state index contributed by atoms with van der Waals surface area (Å²) in [7, 11) is 0. The number of pyridine rings is 1. The molecule has 5 heterocycles. The van der Waals surface area contributed by atoms with Gasteiger partial charge in [-0.3, -0.25) is 9.13 Å². The zero-order valence-corrected chi connectivity index (χ0v) is 30.3. The van der Waals surface area contributed by atoms with Gasteiger partial charge in [0.1, 0.15) is 11.6 Å². The van der Waals surface area contributed by atoms with E-state index in [1.54, 1.807) is 0 Å². The largest absolute Gasteiger partial charge is 0.315 e. The molecule has 5 nitrogen and oxygen atoms in total. The summed E-state index contributed by atoms with van der Waals surface area (Å²) in [5.41, 5.74) is 11.3. The van der Waals surface area contributed by atoms with Gasteiger partial charge in [-0.1, -0.05) is 127 Å². The molecule has 5 heteroatoms. The topological polar surface area (TPSA) is 32.6 Å². The van der Waals surface area contributed by atoms with Crippen LogP contribution in [0.3, 0.4) is 0 Å². The van der Waals surface area contributed by atoms with Crippen LogP contribution in [0.1, 0.15) is 0 Å². The lowest BCUT2D eigenvalue weighted by molar-refractivity contribution is 1.01. The minimum absolute atomic E-state index is 0.859. The average molecular weight is 716 g/mol. The van der Waals surface area contributed by atoms with Crippen LogP contribution in [0, 0.1) is 0 Å². The van der Waals surface area contributed by atoms with E-state index in [1.807, 2.05) is 0 Å². The van der Waals surface area contributed by atoms with E-state index >= 15 is 0 Å². The van der Waals surface area contributed by atoms with E-state index in [1.165, 1.54) is 32.3 Å². The lowest BCUT2D eigenvalue weighted by atomic mass is 10.1. The van der Waals surface area contributed by atoms with Gasteiger partial charge in [-0.15, -0.1) is 0 Å². The Balaban J connectivity index is 1.24. The molecular formula is C51H33N5. The van der Waals surface area contributed by atoms with Crippen LogP contribution in [0.4, 0.5) is 0 Å². The Kier molecular flexibility index (Phi) is 6.56. The fraction of sp³-hybridized carbons (Fsp3) is 0. The molecule has 0 aliphatic rings. The molecule has 0 bridgehead atoms. The average Bonchev–Trinajstić information content (AvgIpc) is 4.05. The van der Waals surface area contributed by atoms with Crippen LogP contribution in [0.2, 0.25) is 0 Å². The van der Waals surface area contributed by atoms with Crippen LogP contribution in [-0.4, -0.2) is 23.3 Å². The first-order valence-electron chi connectivity index (χ1n) is 19.1. The maximum atomic E-state index is 5.74. The number of hydrogen-bond donors (Lipinski definition) is 0. The Morgan fingerprint density at radius 1 is 0.321 bits per heavy atom. The van der Waals surface area contributed by atoms with Crippen molar-refractivity contribution in [3.63, 3.8) is 0 Å². The van der Waals surface area contributed by atoms with E-state index < -0.39 is 0 Å². The minimum Gasteiger partial charge on any atom is -0.315 e. The molecule has 0 radical (unpaired) electrons. The quantitative estimate of drug-likeness (QED) is 0.175. The summed E-state index contributed by atoms with van der Waals surface area (Å²) in [5, 5.41) is 7.12. The molecule has 0 saturated heterocycles. The molecule has 56 heavy (non-hydrogen) atoms. The molecule has 0 amide bonds. The Morgan fingerprint density at radius 3 is 1.23 bits per heavy atom. The molecular weight excluding hydrogens is 683 g/mol.